The van der Waals surface area contributed by atoms with Crippen molar-refractivity contribution in [1.82, 2.24) is 0 Å². The maximum Gasteiger partial charge on any atom is 0.107 e. The quantitative estimate of drug-likeness (QED) is 0.620. The van der Waals surface area contributed by atoms with E-state index in [9.17, 15) is 4.91 Å². The summed E-state index contributed by atoms with van der Waals surface area (Å²) in [6.07, 6.45) is 6.58. The van der Waals surface area contributed by atoms with Gasteiger partial charge in [-0.05, 0) is 28.8 Å². The molecule has 2 nitrogen and oxygen atoms in total. The van der Waals surface area contributed by atoms with Crippen LogP contribution in [0.4, 0.5) is 0 Å². The molecule has 2 heteroatoms. The van der Waals surface area contributed by atoms with Crippen LogP contribution in [0.3, 0.4) is 0 Å². The van der Waals surface area contributed by atoms with Gasteiger partial charge in [-0.25, -0.2) is 0 Å². The molecule has 0 aromatic heterocycles. The molecule has 0 aliphatic heterocycles. The van der Waals surface area contributed by atoms with Gasteiger partial charge in [-0.15, -0.1) is 0 Å². The Bertz CT molecular complexity index is 434. The highest BCUT2D eigenvalue weighted by molar-refractivity contribution is 5.41. The minimum absolute atomic E-state index is 0.285. The summed E-state index contributed by atoms with van der Waals surface area (Å²) in [6, 6.07) is 6.03. The van der Waals surface area contributed by atoms with Crippen LogP contribution in [0.1, 0.15) is 18.4 Å². The van der Waals surface area contributed by atoms with Crippen molar-refractivity contribution in [2.24, 2.45) is 5.18 Å². The smallest absolute Gasteiger partial charge is 0.107 e. The van der Waals surface area contributed by atoms with Gasteiger partial charge in [0, 0.05) is 0 Å². The van der Waals surface area contributed by atoms with Crippen LogP contribution in [0.2, 0.25) is 0 Å². The Morgan fingerprint density at radius 3 is 2.92 bits per heavy atom. The fraction of sp³-hybridized carbons (Fsp3) is 0.273. The highest BCUT2D eigenvalue weighted by Crippen LogP contribution is 1.98. The van der Waals surface area contributed by atoms with Gasteiger partial charge >= 0.3 is 0 Å². The molecule has 0 fully saturated rings. The van der Waals surface area contributed by atoms with Gasteiger partial charge in [0.2, 0.25) is 0 Å². The second kappa shape index (κ2) is 3.52. The number of fused-ring (bicyclic) bond motifs is 1. The monoisotopic (exact) mass is 173 g/mol. The molecule has 1 aromatic rings. The lowest BCUT2D eigenvalue weighted by Gasteiger charge is -2.02. The van der Waals surface area contributed by atoms with Crippen molar-refractivity contribution >= 4 is 12.2 Å². The van der Waals surface area contributed by atoms with Crippen molar-refractivity contribution in [3.8, 4) is 0 Å². The van der Waals surface area contributed by atoms with E-state index >= 15 is 0 Å². The topological polar surface area (TPSA) is 29.4 Å². The molecule has 0 saturated heterocycles. The van der Waals surface area contributed by atoms with Gasteiger partial charge in [-0.1, -0.05) is 35.5 Å². The van der Waals surface area contributed by atoms with E-state index in [0.717, 1.165) is 18.4 Å². The summed E-state index contributed by atoms with van der Waals surface area (Å²) in [6.45, 7) is 0.285. The van der Waals surface area contributed by atoms with Crippen LogP contribution in [0.5, 0.6) is 0 Å². The Labute approximate surface area is 76.6 Å². The first kappa shape index (κ1) is 8.17. The first-order valence-corrected chi connectivity index (χ1v) is 4.49. The molecular formula is C11H11NO. The largest absolute Gasteiger partial charge is 0.150 e. The zero-order valence-corrected chi connectivity index (χ0v) is 7.36. The Hall–Kier alpha value is -1.44. The van der Waals surface area contributed by atoms with E-state index in [0.29, 0.717) is 0 Å². The number of hydrogen-bond acceptors (Lipinski definition) is 2. The average molecular weight is 173 g/mol. The molecule has 1 aliphatic rings. The maximum absolute atomic E-state index is 10.2. The van der Waals surface area contributed by atoms with E-state index in [1.165, 1.54) is 10.4 Å². The standard InChI is InChI=1S/C11H11NO/c13-12-8-10-6-3-5-9-4-1-2-7-11(9)10/h3-7H,1-2,8H2. The maximum atomic E-state index is 10.2. The Balaban J connectivity index is 2.66. The van der Waals surface area contributed by atoms with Gasteiger partial charge in [0.05, 0.1) is 0 Å². The van der Waals surface area contributed by atoms with Crippen molar-refractivity contribution in [2.45, 2.75) is 19.4 Å². The second-order valence-corrected chi connectivity index (χ2v) is 3.19. The molecule has 1 aliphatic carbocycles. The summed E-state index contributed by atoms with van der Waals surface area (Å²) < 4.78 is 0. The molecule has 66 valence electrons. The molecule has 0 N–H and O–H groups in total. The van der Waals surface area contributed by atoms with Crippen molar-refractivity contribution in [2.75, 3.05) is 0 Å². The van der Waals surface area contributed by atoms with Crippen LogP contribution < -0.4 is 10.4 Å². The van der Waals surface area contributed by atoms with Gasteiger partial charge in [-0.2, -0.15) is 4.91 Å². The number of rotatable bonds is 2. The molecule has 0 unspecified atom stereocenters. The molecule has 0 spiro atoms. The predicted octanol–water partition coefficient (Wildman–Crippen LogP) is 1.31. The van der Waals surface area contributed by atoms with Crippen molar-refractivity contribution in [3.63, 3.8) is 0 Å². The van der Waals surface area contributed by atoms with E-state index in [1.54, 1.807) is 0 Å². The van der Waals surface area contributed by atoms with Crippen LogP contribution in [-0.2, 0) is 6.54 Å². The highest BCUT2D eigenvalue weighted by Gasteiger charge is 1.98. The van der Waals surface area contributed by atoms with Crippen LogP contribution in [0.15, 0.2) is 23.4 Å². The van der Waals surface area contributed by atoms with Gasteiger partial charge in [-0.3, -0.25) is 0 Å². The summed E-state index contributed by atoms with van der Waals surface area (Å²) in [7, 11) is 0. The van der Waals surface area contributed by atoms with E-state index in [4.69, 9.17) is 0 Å². The number of hydrogen-bond donors (Lipinski definition) is 0. The molecule has 1 aromatic carbocycles. The third-order valence-electron chi connectivity index (χ3n) is 2.34. The lowest BCUT2D eigenvalue weighted by molar-refractivity contribution is 1.02. The van der Waals surface area contributed by atoms with E-state index in [2.05, 4.69) is 23.4 Å². The first-order chi connectivity index (χ1) is 6.42. The number of nitrogens with zero attached hydrogens (tertiary/aromatic N) is 1. The first-order valence-electron chi connectivity index (χ1n) is 4.49. The highest BCUT2D eigenvalue weighted by atomic mass is 16.3. The van der Waals surface area contributed by atoms with Crippen LogP contribution >= 0.6 is 0 Å². The summed E-state index contributed by atoms with van der Waals surface area (Å²) in [5.41, 5.74) is 1.04. The van der Waals surface area contributed by atoms with Crippen LogP contribution in [-0.4, -0.2) is 0 Å². The molecule has 0 amide bonds. The third-order valence-corrected chi connectivity index (χ3v) is 2.34. The lowest BCUT2D eigenvalue weighted by atomic mass is 10.0. The molecule has 0 bridgehead atoms. The molecule has 0 atom stereocenters. The fourth-order valence-corrected chi connectivity index (χ4v) is 1.73. The summed E-state index contributed by atoms with van der Waals surface area (Å²) in [5, 5.41) is 5.38. The average Bonchev–Trinajstić information content (AvgIpc) is 2.19. The fourth-order valence-electron chi connectivity index (χ4n) is 1.73. The van der Waals surface area contributed by atoms with Crippen LogP contribution in [0, 0.1) is 4.91 Å². The Kier molecular flexibility index (Phi) is 2.21. The number of nitroso groups, excluding NO2 is 1. The van der Waals surface area contributed by atoms with Crippen molar-refractivity contribution in [1.29, 1.82) is 0 Å². The molecule has 0 saturated carbocycles. The predicted molar refractivity (Wildman–Crippen MR) is 53.4 cm³/mol. The number of benzene rings is 1. The zero-order valence-electron chi connectivity index (χ0n) is 7.36. The SMILES string of the molecule is O=NCc1cccc2c1=CCCC=2. The van der Waals surface area contributed by atoms with Gasteiger partial charge < -0.3 is 0 Å². The normalized spacial score (nSPS) is 13.8. The second-order valence-electron chi connectivity index (χ2n) is 3.19. The molecule has 0 radical (unpaired) electrons. The van der Waals surface area contributed by atoms with E-state index in [-0.39, 0.29) is 6.54 Å². The van der Waals surface area contributed by atoms with Gasteiger partial charge in [0.15, 0.2) is 0 Å². The van der Waals surface area contributed by atoms with Gasteiger partial charge in [0.1, 0.15) is 6.54 Å². The minimum atomic E-state index is 0.285. The van der Waals surface area contributed by atoms with E-state index < -0.39 is 0 Å². The zero-order chi connectivity index (χ0) is 9.10. The summed E-state index contributed by atoms with van der Waals surface area (Å²) in [4.78, 5) is 10.2. The molecular weight excluding hydrogens is 162 g/mol. The van der Waals surface area contributed by atoms with Gasteiger partial charge in [0.25, 0.3) is 0 Å². The summed E-state index contributed by atoms with van der Waals surface area (Å²) >= 11 is 0. The van der Waals surface area contributed by atoms with Crippen molar-refractivity contribution in [3.05, 3.63) is 39.1 Å². The lowest BCUT2D eigenvalue weighted by Crippen LogP contribution is -2.29. The van der Waals surface area contributed by atoms with E-state index in [1.807, 2.05) is 12.1 Å². The Morgan fingerprint density at radius 1 is 1.23 bits per heavy atom. The van der Waals surface area contributed by atoms with Crippen molar-refractivity contribution < 1.29 is 0 Å². The van der Waals surface area contributed by atoms with Crippen LogP contribution in [0.25, 0.3) is 12.2 Å². The molecule has 2 rings (SSSR count). The minimum Gasteiger partial charge on any atom is -0.150 e. The third kappa shape index (κ3) is 1.52. The molecule has 0 heterocycles. The Morgan fingerprint density at radius 2 is 2.08 bits per heavy atom. The summed E-state index contributed by atoms with van der Waals surface area (Å²) in [5.74, 6) is 0. The molecule has 13 heavy (non-hydrogen) atoms.